The summed E-state index contributed by atoms with van der Waals surface area (Å²) in [5.41, 5.74) is 6.06. The molecule has 0 aliphatic rings. The number of halogens is 1. The minimum Gasteiger partial charge on any atom is -0.357 e. The summed E-state index contributed by atoms with van der Waals surface area (Å²) in [7, 11) is 2.00. The first-order valence-electron chi connectivity index (χ1n) is 10.5. The van der Waals surface area contributed by atoms with E-state index in [0.717, 1.165) is 31.2 Å². The maximum atomic E-state index is 4.81. The lowest BCUT2D eigenvalue weighted by Crippen LogP contribution is -2.43. The number of hydrogen-bond acceptors (Lipinski definition) is 3. The van der Waals surface area contributed by atoms with Crippen molar-refractivity contribution in [1.82, 2.24) is 30.0 Å². The van der Waals surface area contributed by atoms with Crippen molar-refractivity contribution in [3.63, 3.8) is 0 Å². The number of nitrogens with one attached hydrogen (secondary N) is 2. The molecule has 7 nitrogen and oxygen atoms in total. The molecule has 0 amide bonds. The monoisotopic (exact) mass is 535 g/mol. The third kappa shape index (κ3) is 7.09. The maximum Gasteiger partial charge on any atom is 0.191 e. The maximum absolute atomic E-state index is 4.81. The first kappa shape index (κ1) is 24.9. The van der Waals surface area contributed by atoms with E-state index in [2.05, 4.69) is 77.2 Å². The van der Waals surface area contributed by atoms with Gasteiger partial charge in [-0.2, -0.15) is 5.10 Å². The third-order valence-electron chi connectivity index (χ3n) is 5.23. The van der Waals surface area contributed by atoms with Crippen LogP contribution in [-0.4, -0.2) is 37.9 Å². The summed E-state index contributed by atoms with van der Waals surface area (Å²) in [5, 5.41) is 11.4. The highest BCUT2D eigenvalue weighted by molar-refractivity contribution is 14.0. The predicted octanol–water partition coefficient (Wildman–Crippen LogP) is 3.59. The highest BCUT2D eigenvalue weighted by Gasteiger charge is 2.14. The zero-order chi connectivity index (χ0) is 21.5. The topological polar surface area (TPSA) is 72.1 Å². The average molecular weight is 535 g/mol. The van der Waals surface area contributed by atoms with Crippen LogP contribution in [0.4, 0.5) is 0 Å². The number of aliphatic imine (C=N–C) groups is 1. The second kappa shape index (κ2) is 11.9. The molecule has 2 aromatic heterocycles. The molecule has 2 heterocycles. The fraction of sp³-hybridized carbons (Fsp3) is 0.435. The van der Waals surface area contributed by atoms with Gasteiger partial charge in [-0.3, -0.25) is 4.68 Å². The molecule has 0 saturated heterocycles. The third-order valence-corrected chi connectivity index (χ3v) is 5.23. The molecule has 168 valence electrons. The Bertz CT molecular complexity index is 976. The Morgan fingerprint density at radius 3 is 2.65 bits per heavy atom. The molecule has 0 spiro atoms. The number of imidazole rings is 1. The Morgan fingerprint density at radius 2 is 2.00 bits per heavy atom. The Morgan fingerprint density at radius 1 is 1.23 bits per heavy atom. The van der Waals surface area contributed by atoms with Gasteiger partial charge in [0.1, 0.15) is 0 Å². The molecular weight excluding hydrogens is 501 g/mol. The number of rotatable bonds is 8. The molecule has 2 N–H and O–H groups in total. The SMILES string of the molecule is CCNC(=NCc1cccc(Cn2ccnc2)c1)NC(C)Cc1c(C)nn(C)c1C.I. The van der Waals surface area contributed by atoms with Crippen molar-refractivity contribution >= 4 is 29.9 Å². The summed E-state index contributed by atoms with van der Waals surface area (Å²) < 4.78 is 4.02. The fourth-order valence-electron chi connectivity index (χ4n) is 3.61. The molecule has 0 aliphatic carbocycles. The molecule has 31 heavy (non-hydrogen) atoms. The van der Waals surface area contributed by atoms with Gasteiger partial charge < -0.3 is 15.2 Å². The van der Waals surface area contributed by atoms with Crippen LogP contribution < -0.4 is 10.6 Å². The molecule has 1 unspecified atom stereocenters. The summed E-state index contributed by atoms with van der Waals surface area (Å²) in [6, 6.07) is 8.80. The number of benzene rings is 1. The van der Waals surface area contributed by atoms with Crippen molar-refractivity contribution in [1.29, 1.82) is 0 Å². The Balaban J connectivity index is 0.00000341. The predicted molar refractivity (Wildman–Crippen MR) is 137 cm³/mol. The van der Waals surface area contributed by atoms with E-state index in [1.165, 1.54) is 22.4 Å². The number of aryl methyl sites for hydroxylation is 2. The largest absolute Gasteiger partial charge is 0.357 e. The summed E-state index contributed by atoms with van der Waals surface area (Å²) in [5.74, 6) is 0.837. The van der Waals surface area contributed by atoms with Crippen molar-refractivity contribution in [2.75, 3.05) is 6.54 Å². The number of nitrogens with zero attached hydrogens (tertiary/aromatic N) is 5. The van der Waals surface area contributed by atoms with Gasteiger partial charge in [0, 0.05) is 44.3 Å². The number of hydrogen-bond donors (Lipinski definition) is 2. The normalized spacial score (nSPS) is 12.4. The minimum atomic E-state index is 0. The second-order valence-electron chi connectivity index (χ2n) is 7.77. The van der Waals surface area contributed by atoms with E-state index in [1.54, 1.807) is 6.20 Å². The van der Waals surface area contributed by atoms with E-state index in [0.29, 0.717) is 6.54 Å². The van der Waals surface area contributed by atoms with Crippen molar-refractivity contribution in [3.8, 4) is 0 Å². The second-order valence-corrected chi connectivity index (χ2v) is 7.77. The van der Waals surface area contributed by atoms with Crippen LogP contribution in [0.3, 0.4) is 0 Å². The van der Waals surface area contributed by atoms with E-state index >= 15 is 0 Å². The van der Waals surface area contributed by atoms with E-state index in [-0.39, 0.29) is 30.0 Å². The molecule has 0 aliphatic heterocycles. The van der Waals surface area contributed by atoms with Gasteiger partial charge in [0.15, 0.2) is 5.96 Å². The summed E-state index contributed by atoms with van der Waals surface area (Å²) >= 11 is 0. The molecule has 1 aromatic carbocycles. The van der Waals surface area contributed by atoms with Crippen molar-refractivity contribution in [2.45, 2.75) is 53.2 Å². The molecule has 3 aromatic rings. The standard InChI is InChI=1S/C23H33N7.HI/c1-6-25-23(27-17(2)12-22-18(3)28-29(5)19(22)4)26-14-20-8-7-9-21(13-20)15-30-11-10-24-16-30;/h7-11,13,16-17H,6,12,14-15H2,1-5H3,(H2,25,26,27);1H. The summed E-state index contributed by atoms with van der Waals surface area (Å²) in [6.07, 6.45) is 6.53. The molecular formula is C23H34IN7. The first-order valence-corrected chi connectivity index (χ1v) is 10.5. The highest BCUT2D eigenvalue weighted by atomic mass is 127. The minimum absolute atomic E-state index is 0. The zero-order valence-electron chi connectivity index (χ0n) is 19.1. The van der Waals surface area contributed by atoms with Crippen molar-refractivity contribution in [2.24, 2.45) is 12.0 Å². The number of guanidine groups is 1. The molecule has 0 saturated carbocycles. The van der Waals surface area contributed by atoms with Crippen LogP contribution in [0.5, 0.6) is 0 Å². The van der Waals surface area contributed by atoms with Gasteiger partial charge in [-0.1, -0.05) is 24.3 Å². The van der Waals surface area contributed by atoms with Crippen LogP contribution in [0, 0.1) is 13.8 Å². The summed E-state index contributed by atoms with van der Waals surface area (Å²) in [6.45, 7) is 10.7. The van der Waals surface area contributed by atoms with Crippen LogP contribution in [0.25, 0.3) is 0 Å². The van der Waals surface area contributed by atoms with Crippen molar-refractivity contribution in [3.05, 3.63) is 71.1 Å². The van der Waals surface area contributed by atoms with E-state index in [4.69, 9.17) is 4.99 Å². The van der Waals surface area contributed by atoms with Crippen LogP contribution >= 0.6 is 24.0 Å². The summed E-state index contributed by atoms with van der Waals surface area (Å²) in [4.78, 5) is 8.92. The molecule has 1 atom stereocenters. The van der Waals surface area contributed by atoms with E-state index in [1.807, 2.05) is 24.3 Å². The van der Waals surface area contributed by atoms with Gasteiger partial charge in [-0.25, -0.2) is 9.98 Å². The Hall–Kier alpha value is -2.36. The van der Waals surface area contributed by atoms with Gasteiger partial charge in [-0.05, 0) is 50.8 Å². The van der Waals surface area contributed by atoms with Gasteiger partial charge in [0.05, 0.1) is 18.6 Å². The molecule has 3 rings (SSSR count). The lowest BCUT2D eigenvalue weighted by molar-refractivity contribution is 0.635. The molecule has 0 radical (unpaired) electrons. The Labute approximate surface area is 202 Å². The van der Waals surface area contributed by atoms with E-state index in [9.17, 15) is 0 Å². The molecule has 0 bridgehead atoms. The Kier molecular flexibility index (Phi) is 9.54. The highest BCUT2D eigenvalue weighted by Crippen LogP contribution is 2.14. The fourth-order valence-corrected chi connectivity index (χ4v) is 3.61. The van der Waals surface area contributed by atoms with Crippen LogP contribution in [0.2, 0.25) is 0 Å². The lowest BCUT2D eigenvalue weighted by atomic mass is 10.1. The van der Waals surface area contributed by atoms with Gasteiger partial charge in [0.2, 0.25) is 0 Å². The van der Waals surface area contributed by atoms with Crippen LogP contribution in [-0.2, 0) is 26.6 Å². The van der Waals surface area contributed by atoms with Crippen LogP contribution in [0.15, 0.2) is 48.0 Å². The van der Waals surface area contributed by atoms with E-state index < -0.39 is 0 Å². The average Bonchev–Trinajstić information content (AvgIpc) is 3.30. The zero-order valence-corrected chi connectivity index (χ0v) is 21.4. The van der Waals surface area contributed by atoms with Gasteiger partial charge in [0.25, 0.3) is 0 Å². The molecule has 0 fully saturated rings. The smallest absolute Gasteiger partial charge is 0.191 e. The quantitative estimate of drug-likeness (QED) is 0.263. The lowest BCUT2D eigenvalue weighted by Gasteiger charge is -2.18. The molecule has 8 heteroatoms. The van der Waals surface area contributed by atoms with Gasteiger partial charge in [-0.15, -0.1) is 24.0 Å². The van der Waals surface area contributed by atoms with Crippen molar-refractivity contribution < 1.29 is 0 Å². The first-order chi connectivity index (χ1) is 14.5. The van der Waals surface area contributed by atoms with Crippen LogP contribution in [0.1, 0.15) is 41.9 Å². The number of aromatic nitrogens is 4. The van der Waals surface area contributed by atoms with Gasteiger partial charge >= 0.3 is 0 Å².